The van der Waals surface area contributed by atoms with E-state index in [2.05, 4.69) is 36.2 Å². The number of aryl methyl sites for hydroxylation is 1. The topological polar surface area (TPSA) is 42.2 Å². The molecule has 1 atom stereocenters. The van der Waals surface area contributed by atoms with E-state index < -0.39 is 0 Å². The van der Waals surface area contributed by atoms with Gasteiger partial charge in [-0.3, -0.25) is 0 Å². The van der Waals surface area contributed by atoms with Crippen LogP contribution in [0.4, 0.5) is 5.95 Å². The number of pyridine rings is 1. The first kappa shape index (κ1) is 10.9. The molecule has 4 nitrogen and oxygen atoms in total. The molecule has 1 unspecified atom stereocenters. The Morgan fingerprint density at radius 3 is 2.69 bits per heavy atom. The highest BCUT2D eigenvalue weighted by Gasteiger charge is 2.10. The first-order chi connectivity index (χ1) is 7.56. The summed E-state index contributed by atoms with van der Waals surface area (Å²) in [5, 5.41) is 7.70. The van der Waals surface area contributed by atoms with Crippen LogP contribution in [-0.4, -0.2) is 20.6 Å². The number of hydrogen-bond donors (Lipinski definition) is 1. The van der Waals surface area contributed by atoms with Gasteiger partial charge in [-0.15, -0.1) is 5.10 Å². The van der Waals surface area contributed by atoms with Crippen molar-refractivity contribution in [2.75, 3.05) is 5.32 Å². The van der Waals surface area contributed by atoms with Crippen molar-refractivity contribution in [2.45, 2.75) is 33.7 Å². The van der Waals surface area contributed by atoms with Gasteiger partial charge >= 0.3 is 0 Å². The molecule has 2 rings (SSSR count). The molecule has 1 N–H and O–H groups in total. The molecule has 0 spiro atoms. The molecule has 2 heterocycles. The number of nitrogens with zero attached hydrogens (tertiary/aromatic N) is 3. The van der Waals surface area contributed by atoms with Gasteiger partial charge in [-0.1, -0.05) is 19.9 Å². The molecule has 86 valence electrons. The Balaban J connectivity index is 2.26. The monoisotopic (exact) mass is 218 g/mol. The molecule has 0 bridgehead atoms. The Kier molecular flexibility index (Phi) is 2.81. The maximum absolute atomic E-state index is 4.42. The van der Waals surface area contributed by atoms with Crippen molar-refractivity contribution in [1.82, 2.24) is 14.6 Å². The van der Waals surface area contributed by atoms with Crippen molar-refractivity contribution in [1.29, 1.82) is 0 Å². The number of aromatic nitrogens is 3. The van der Waals surface area contributed by atoms with Crippen molar-refractivity contribution in [3.8, 4) is 0 Å². The normalized spacial score (nSPS) is 13.3. The molecule has 0 saturated heterocycles. The van der Waals surface area contributed by atoms with E-state index in [1.165, 1.54) is 5.56 Å². The molecule has 0 aliphatic heterocycles. The highest BCUT2D eigenvalue weighted by atomic mass is 15.3. The summed E-state index contributed by atoms with van der Waals surface area (Å²) in [6, 6.07) is 4.39. The summed E-state index contributed by atoms with van der Waals surface area (Å²) in [5.74, 6) is 1.26. The number of rotatable bonds is 3. The Morgan fingerprint density at radius 1 is 1.25 bits per heavy atom. The summed E-state index contributed by atoms with van der Waals surface area (Å²) in [6.45, 7) is 8.54. The quantitative estimate of drug-likeness (QED) is 0.860. The molecular formula is C12H18N4. The molecule has 0 amide bonds. The van der Waals surface area contributed by atoms with Crippen LogP contribution in [0.3, 0.4) is 0 Å². The average Bonchev–Trinajstić information content (AvgIpc) is 2.58. The van der Waals surface area contributed by atoms with Gasteiger partial charge in [0.05, 0.1) is 0 Å². The van der Waals surface area contributed by atoms with E-state index in [0.29, 0.717) is 17.9 Å². The lowest BCUT2D eigenvalue weighted by atomic mass is 10.1. The Bertz CT molecular complexity index is 487. The van der Waals surface area contributed by atoms with Gasteiger partial charge in [-0.05, 0) is 31.4 Å². The summed E-state index contributed by atoms with van der Waals surface area (Å²) >= 11 is 0. The molecule has 4 heteroatoms. The largest absolute Gasteiger partial charge is 0.350 e. The van der Waals surface area contributed by atoms with E-state index in [4.69, 9.17) is 0 Å². The lowest BCUT2D eigenvalue weighted by Crippen LogP contribution is -2.22. The van der Waals surface area contributed by atoms with Crippen molar-refractivity contribution in [3.05, 3.63) is 23.9 Å². The zero-order chi connectivity index (χ0) is 11.7. The van der Waals surface area contributed by atoms with Gasteiger partial charge in [-0.2, -0.15) is 4.98 Å². The molecular weight excluding hydrogens is 200 g/mol. The van der Waals surface area contributed by atoms with Crippen LogP contribution in [0, 0.1) is 12.8 Å². The maximum atomic E-state index is 4.42. The summed E-state index contributed by atoms with van der Waals surface area (Å²) in [6.07, 6.45) is 1.98. The smallest absolute Gasteiger partial charge is 0.243 e. The van der Waals surface area contributed by atoms with E-state index in [9.17, 15) is 0 Å². The molecule has 0 fully saturated rings. The second-order valence-corrected chi connectivity index (χ2v) is 4.62. The third-order valence-corrected chi connectivity index (χ3v) is 2.84. The maximum Gasteiger partial charge on any atom is 0.243 e. The molecule has 0 aromatic carbocycles. The first-order valence-electron chi connectivity index (χ1n) is 5.66. The molecule has 0 aliphatic carbocycles. The van der Waals surface area contributed by atoms with E-state index >= 15 is 0 Å². The molecule has 2 aromatic rings. The van der Waals surface area contributed by atoms with Gasteiger partial charge in [0.25, 0.3) is 0 Å². The fourth-order valence-corrected chi connectivity index (χ4v) is 1.42. The summed E-state index contributed by atoms with van der Waals surface area (Å²) in [7, 11) is 0. The van der Waals surface area contributed by atoms with Crippen molar-refractivity contribution < 1.29 is 0 Å². The number of hydrogen-bond acceptors (Lipinski definition) is 3. The Hall–Kier alpha value is -1.58. The fraction of sp³-hybridized carbons (Fsp3) is 0.500. The van der Waals surface area contributed by atoms with E-state index in [0.717, 1.165) is 5.65 Å². The molecule has 2 aromatic heterocycles. The van der Waals surface area contributed by atoms with Crippen LogP contribution < -0.4 is 5.32 Å². The van der Waals surface area contributed by atoms with Crippen LogP contribution >= 0.6 is 0 Å². The highest BCUT2D eigenvalue weighted by Crippen LogP contribution is 2.10. The van der Waals surface area contributed by atoms with E-state index in [1.54, 1.807) is 0 Å². The summed E-state index contributed by atoms with van der Waals surface area (Å²) < 4.78 is 1.81. The number of anilines is 1. The van der Waals surface area contributed by atoms with Crippen LogP contribution in [-0.2, 0) is 0 Å². The van der Waals surface area contributed by atoms with Gasteiger partial charge in [0.15, 0.2) is 5.65 Å². The van der Waals surface area contributed by atoms with Crippen molar-refractivity contribution in [3.63, 3.8) is 0 Å². The summed E-state index contributed by atoms with van der Waals surface area (Å²) in [4.78, 5) is 4.42. The van der Waals surface area contributed by atoms with Gasteiger partial charge in [0, 0.05) is 12.2 Å². The van der Waals surface area contributed by atoms with Crippen LogP contribution in [0.2, 0.25) is 0 Å². The second kappa shape index (κ2) is 4.12. The number of fused-ring (bicyclic) bond motifs is 1. The first-order valence-corrected chi connectivity index (χ1v) is 5.66. The minimum atomic E-state index is 0.374. The Labute approximate surface area is 95.7 Å². The minimum absolute atomic E-state index is 0.374. The lowest BCUT2D eigenvalue weighted by molar-refractivity contribution is 0.556. The standard InChI is InChI=1S/C12H18N4/c1-8(2)10(4)13-12-14-11-6-5-9(3)7-16(11)15-12/h5-8,10H,1-4H3,(H,13,15). The molecule has 16 heavy (non-hydrogen) atoms. The third-order valence-electron chi connectivity index (χ3n) is 2.84. The predicted molar refractivity (Wildman–Crippen MR) is 65.6 cm³/mol. The van der Waals surface area contributed by atoms with E-state index in [1.807, 2.05) is 29.8 Å². The van der Waals surface area contributed by atoms with Gasteiger partial charge in [0.1, 0.15) is 0 Å². The van der Waals surface area contributed by atoms with Crippen molar-refractivity contribution >= 4 is 11.6 Å². The minimum Gasteiger partial charge on any atom is -0.350 e. The molecule has 0 radical (unpaired) electrons. The van der Waals surface area contributed by atoms with Crippen LogP contribution in [0.5, 0.6) is 0 Å². The predicted octanol–water partition coefficient (Wildman–Crippen LogP) is 2.49. The zero-order valence-corrected chi connectivity index (χ0v) is 10.2. The highest BCUT2D eigenvalue weighted by molar-refractivity contribution is 5.44. The van der Waals surface area contributed by atoms with Crippen LogP contribution in [0.25, 0.3) is 5.65 Å². The van der Waals surface area contributed by atoms with Gasteiger partial charge in [-0.25, -0.2) is 4.52 Å². The third kappa shape index (κ3) is 2.15. The van der Waals surface area contributed by atoms with Crippen LogP contribution in [0.1, 0.15) is 26.3 Å². The van der Waals surface area contributed by atoms with Gasteiger partial charge in [0.2, 0.25) is 5.95 Å². The molecule has 0 aliphatic rings. The zero-order valence-electron chi connectivity index (χ0n) is 10.2. The van der Waals surface area contributed by atoms with Gasteiger partial charge < -0.3 is 5.32 Å². The average molecular weight is 218 g/mol. The summed E-state index contributed by atoms with van der Waals surface area (Å²) in [5.41, 5.74) is 2.06. The number of nitrogens with one attached hydrogen (secondary N) is 1. The Morgan fingerprint density at radius 2 is 2.00 bits per heavy atom. The molecule has 0 saturated carbocycles. The van der Waals surface area contributed by atoms with Crippen LogP contribution in [0.15, 0.2) is 18.3 Å². The van der Waals surface area contributed by atoms with E-state index in [-0.39, 0.29) is 0 Å². The SMILES string of the molecule is Cc1ccc2nc(NC(C)C(C)C)nn2c1. The fourth-order valence-electron chi connectivity index (χ4n) is 1.42. The lowest BCUT2D eigenvalue weighted by Gasteiger charge is -2.15. The van der Waals surface area contributed by atoms with Crippen molar-refractivity contribution in [2.24, 2.45) is 5.92 Å². The second-order valence-electron chi connectivity index (χ2n) is 4.62.